The molecule has 0 unspecified atom stereocenters. The molecule has 88 valence electrons. The Labute approximate surface area is 88.9 Å². The Balaban J connectivity index is 3.30. The fraction of sp³-hybridized carbons (Fsp3) is 0.333. The molecule has 0 saturated heterocycles. The number of hydrogen-bond donors (Lipinski definition) is 3. The Kier molecular flexibility index (Phi) is 3.73. The molecule has 0 aliphatic heterocycles. The summed E-state index contributed by atoms with van der Waals surface area (Å²) in [7, 11) is 0. The highest BCUT2D eigenvalue weighted by molar-refractivity contribution is 5.70. The molecule has 1 heterocycles. The van der Waals surface area contributed by atoms with Crippen LogP contribution in [0.4, 0.5) is 8.78 Å². The first-order chi connectivity index (χ1) is 7.45. The van der Waals surface area contributed by atoms with E-state index in [2.05, 4.69) is 4.98 Å². The summed E-state index contributed by atoms with van der Waals surface area (Å²) in [6.07, 6.45) is -3.50. The van der Waals surface area contributed by atoms with Crippen LogP contribution in [0.1, 0.15) is 23.2 Å². The second-order valence-electron chi connectivity index (χ2n) is 3.13. The van der Waals surface area contributed by atoms with E-state index in [0.29, 0.717) is 0 Å². The lowest BCUT2D eigenvalue weighted by molar-refractivity contribution is -0.136. The first-order valence-corrected chi connectivity index (χ1v) is 4.40. The maximum absolute atomic E-state index is 12.6. The van der Waals surface area contributed by atoms with Crippen LogP contribution in [0.25, 0.3) is 0 Å². The van der Waals surface area contributed by atoms with Crippen LogP contribution in [0.3, 0.4) is 0 Å². The quantitative estimate of drug-likeness (QED) is 0.700. The van der Waals surface area contributed by atoms with Crippen LogP contribution in [0.2, 0.25) is 0 Å². The highest BCUT2D eigenvalue weighted by Crippen LogP contribution is 2.21. The summed E-state index contributed by atoms with van der Waals surface area (Å²) in [5.74, 6) is -1.29. The fourth-order valence-electron chi connectivity index (χ4n) is 1.27. The predicted molar refractivity (Wildman–Crippen MR) is 51.3 cm³/mol. The predicted octanol–water partition coefficient (Wildman–Crippen LogP) is 0.398. The summed E-state index contributed by atoms with van der Waals surface area (Å²) in [5, 5.41) is 8.50. The smallest absolute Gasteiger partial charge is 0.309 e. The second-order valence-corrected chi connectivity index (χ2v) is 3.13. The molecule has 0 spiro atoms. The van der Waals surface area contributed by atoms with Gasteiger partial charge in [-0.05, 0) is 6.07 Å². The number of rotatable bonds is 4. The lowest BCUT2D eigenvalue weighted by Crippen LogP contribution is -2.21. The summed E-state index contributed by atoms with van der Waals surface area (Å²) >= 11 is 0. The molecule has 1 aromatic rings. The van der Waals surface area contributed by atoms with E-state index >= 15 is 0 Å². The number of alkyl halides is 2. The summed E-state index contributed by atoms with van der Waals surface area (Å²) in [6, 6.07) is 0.946. The van der Waals surface area contributed by atoms with E-state index in [1.807, 2.05) is 0 Å². The van der Waals surface area contributed by atoms with E-state index in [9.17, 15) is 18.4 Å². The summed E-state index contributed by atoms with van der Waals surface area (Å²) < 4.78 is 25.1. The number of aromatic nitrogens is 1. The zero-order valence-corrected chi connectivity index (χ0v) is 8.17. The molecule has 7 heteroatoms. The molecule has 16 heavy (non-hydrogen) atoms. The van der Waals surface area contributed by atoms with E-state index in [1.165, 1.54) is 0 Å². The second kappa shape index (κ2) is 4.84. The number of halogens is 2. The highest BCUT2D eigenvalue weighted by Gasteiger charge is 2.17. The van der Waals surface area contributed by atoms with Crippen molar-refractivity contribution in [2.75, 3.05) is 0 Å². The number of pyridine rings is 1. The van der Waals surface area contributed by atoms with Gasteiger partial charge in [0, 0.05) is 23.4 Å². The molecule has 4 N–H and O–H groups in total. The van der Waals surface area contributed by atoms with Crippen molar-refractivity contribution >= 4 is 5.97 Å². The number of carboxylic acids is 1. The van der Waals surface area contributed by atoms with Crippen molar-refractivity contribution in [1.82, 2.24) is 4.98 Å². The largest absolute Gasteiger partial charge is 0.481 e. The van der Waals surface area contributed by atoms with Crippen LogP contribution >= 0.6 is 0 Å². The van der Waals surface area contributed by atoms with Gasteiger partial charge in [-0.3, -0.25) is 9.59 Å². The highest BCUT2D eigenvalue weighted by atomic mass is 19.3. The minimum absolute atomic E-state index is 0.00411. The van der Waals surface area contributed by atoms with Crippen LogP contribution in [0, 0.1) is 0 Å². The van der Waals surface area contributed by atoms with Crippen molar-refractivity contribution in [3.05, 3.63) is 33.2 Å². The molecular formula is C9H10F2N2O3. The zero-order valence-electron chi connectivity index (χ0n) is 8.17. The molecule has 1 aromatic heterocycles. The average molecular weight is 232 g/mol. The number of H-pyrrole nitrogens is 1. The Morgan fingerprint density at radius 1 is 1.56 bits per heavy atom. The van der Waals surface area contributed by atoms with Crippen molar-refractivity contribution in [2.24, 2.45) is 5.73 Å². The van der Waals surface area contributed by atoms with Crippen molar-refractivity contribution in [3.8, 4) is 0 Å². The van der Waals surface area contributed by atoms with Gasteiger partial charge in [-0.2, -0.15) is 0 Å². The normalized spacial score (nSPS) is 10.8. The van der Waals surface area contributed by atoms with Gasteiger partial charge >= 0.3 is 5.97 Å². The van der Waals surface area contributed by atoms with E-state index in [-0.39, 0.29) is 17.8 Å². The first kappa shape index (κ1) is 12.3. The van der Waals surface area contributed by atoms with Crippen LogP contribution < -0.4 is 11.3 Å². The maximum atomic E-state index is 12.6. The number of carbonyl (C=O) groups is 1. The van der Waals surface area contributed by atoms with Crippen LogP contribution in [0.15, 0.2) is 10.9 Å². The molecule has 0 aromatic carbocycles. The van der Waals surface area contributed by atoms with Gasteiger partial charge < -0.3 is 15.8 Å². The molecule has 0 saturated carbocycles. The van der Waals surface area contributed by atoms with Gasteiger partial charge in [0.05, 0.1) is 6.42 Å². The Morgan fingerprint density at radius 2 is 2.19 bits per heavy atom. The Morgan fingerprint density at radius 3 is 2.62 bits per heavy atom. The van der Waals surface area contributed by atoms with Gasteiger partial charge in [0.15, 0.2) is 0 Å². The lowest BCUT2D eigenvalue weighted by atomic mass is 10.1. The van der Waals surface area contributed by atoms with Crippen LogP contribution in [-0.2, 0) is 17.8 Å². The number of carboxylic acid groups (broad SMARTS) is 1. The van der Waals surface area contributed by atoms with Gasteiger partial charge in [-0.15, -0.1) is 0 Å². The van der Waals surface area contributed by atoms with E-state index in [0.717, 1.165) is 6.07 Å². The summed E-state index contributed by atoms with van der Waals surface area (Å²) in [5.41, 5.74) is 3.77. The molecule has 0 aliphatic rings. The van der Waals surface area contributed by atoms with E-state index < -0.39 is 29.9 Å². The third-order valence-electron chi connectivity index (χ3n) is 2.02. The SMILES string of the molecule is NCc1cc(C(F)F)c(CC(=O)O)[nH]c1=O. The number of aromatic amines is 1. The van der Waals surface area contributed by atoms with Crippen molar-refractivity contribution in [1.29, 1.82) is 0 Å². The minimum Gasteiger partial charge on any atom is -0.481 e. The molecule has 0 radical (unpaired) electrons. The molecule has 5 nitrogen and oxygen atoms in total. The Hall–Kier alpha value is -1.76. The number of nitrogens with two attached hydrogens (primary N) is 1. The molecule has 0 bridgehead atoms. The maximum Gasteiger partial charge on any atom is 0.309 e. The number of nitrogens with one attached hydrogen (secondary N) is 1. The first-order valence-electron chi connectivity index (χ1n) is 4.40. The van der Waals surface area contributed by atoms with Gasteiger partial charge in [0.1, 0.15) is 0 Å². The summed E-state index contributed by atoms with van der Waals surface area (Å²) in [4.78, 5) is 23.8. The molecule has 0 aliphatic carbocycles. The minimum atomic E-state index is -2.85. The molecule has 0 amide bonds. The number of aliphatic carboxylic acids is 1. The molecule has 1 rings (SSSR count). The number of hydrogen-bond acceptors (Lipinski definition) is 3. The molecular weight excluding hydrogens is 222 g/mol. The van der Waals surface area contributed by atoms with Crippen molar-refractivity contribution in [2.45, 2.75) is 19.4 Å². The van der Waals surface area contributed by atoms with E-state index in [4.69, 9.17) is 10.8 Å². The van der Waals surface area contributed by atoms with Crippen LogP contribution in [0.5, 0.6) is 0 Å². The Bertz CT molecular complexity index is 457. The topological polar surface area (TPSA) is 96.2 Å². The third-order valence-corrected chi connectivity index (χ3v) is 2.02. The van der Waals surface area contributed by atoms with Gasteiger partial charge in [-0.25, -0.2) is 8.78 Å². The van der Waals surface area contributed by atoms with Crippen LogP contribution in [-0.4, -0.2) is 16.1 Å². The molecule has 0 atom stereocenters. The van der Waals surface area contributed by atoms with Gasteiger partial charge in [0.2, 0.25) is 0 Å². The lowest BCUT2D eigenvalue weighted by Gasteiger charge is -2.08. The molecule has 0 fully saturated rings. The average Bonchev–Trinajstić information content (AvgIpc) is 2.16. The van der Waals surface area contributed by atoms with E-state index in [1.54, 1.807) is 0 Å². The van der Waals surface area contributed by atoms with Gasteiger partial charge in [0.25, 0.3) is 12.0 Å². The standard InChI is InChI=1S/C9H10F2N2O3/c10-8(11)5-1-4(3-12)9(16)13-6(5)2-7(14)15/h1,8H,2-3,12H2,(H,13,16)(H,14,15). The van der Waals surface area contributed by atoms with Crippen molar-refractivity contribution in [3.63, 3.8) is 0 Å². The monoisotopic (exact) mass is 232 g/mol. The van der Waals surface area contributed by atoms with Crippen molar-refractivity contribution < 1.29 is 18.7 Å². The van der Waals surface area contributed by atoms with Gasteiger partial charge in [-0.1, -0.05) is 0 Å². The third kappa shape index (κ3) is 2.63. The summed E-state index contributed by atoms with van der Waals surface area (Å²) in [6.45, 7) is -0.178. The fourth-order valence-corrected chi connectivity index (χ4v) is 1.27. The zero-order chi connectivity index (χ0) is 12.3.